The summed E-state index contributed by atoms with van der Waals surface area (Å²) in [6.07, 6.45) is 4.03. The second-order valence-corrected chi connectivity index (χ2v) is 5.74. The molecule has 0 aliphatic carbocycles. The first-order valence-corrected chi connectivity index (χ1v) is 6.86. The minimum Gasteiger partial charge on any atom is -0.409 e. The second-order valence-electron chi connectivity index (χ2n) is 4.52. The molecule has 0 fully saturated rings. The summed E-state index contributed by atoms with van der Waals surface area (Å²) >= 11 is 1.87. The van der Waals surface area contributed by atoms with Crippen LogP contribution in [0.25, 0.3) is 0 Å². The van der Waals surface area contributed by atoms with Crippen LogP contribution in [0.1, 0.15) is 39.5 Å². The summed E-state index contributed by atoms with van der Waals surface area (Å²) in [5.74, 6) is 2.45. The molecule has 5 heteroatoms. The molecule has 0 saturated heterocycles. The summed E-state index contributed by atoms with van der Waals surface area (Å²) in [6, 6.07) is 0. The molecule has 0 aliphatic heterocycles. The first-order chi connectivity index (χ1) is 7.54. The van der Waals surface area contributed by atoms with E-state index < -0.39 is 0 Å². The molecule has 0 aromatic rings. The molecule has 0 atom stereocenters. The van der Waals surface area contributed by atoms with Crippen LogP contribution < -0.4 is 5.73 Å². The Kier molecular flexibility index (Phi) is 8.47. The third kappa shape index (κ3) is 6.95. The number of amidine groups is 1. The number of rotatable bonds is 9. The molecular weight excluding hydrogens is 224 g/mol. The Morgan fingerprint density at radius 1 is 1.25 bits per heavy atom. The molecule has 0 amide bonds. The van der Waals surface area contributed by atoms with Gasteiger partial charge in [-0.1, -0.05) is 25.4 Å². The van der Waals surface area contributed by atoms with Crippen LogP contribution in [-0.2, 0) is 0 Å². The van der Waals surface area contributed by atoms with Gasteiger partial charge < -0.3 is 16.0 Å². The number of oxime groups is 1. The van der Waals surface area contributed by atoms with Crippen molar-refractivity contribution in [1.29, 1.82) is 0 Å². The predicted octanol–water partition coefficient (Wildman–Crippen LogP) is 2.04. The fourth-order valence-electron chi connectivity index (χ4n) is 1.30. The van der Waals surface area contributed by atoms with Crippen molar-refractivity contribution in [3.05, 3.63) is 0 Å². The van der Waals surface area contributed by atoms with Crippen molar-refractivity contribution in [2.24, 2.45) is 16.3 Å². The van der Waals surface area contributed by atoms with Crippen molar-refractivity contribution in [3.8, 4) is 0 Å². The van der Waals surface area contributed by atoms with Gasteiger partial charge in [0.2, 0.25) is 0 Å². The summed E-state index contributed by atoms with van der Waals surface area (Å²) in [4.78, 5) is 0. The second kappa shape index (κ2) is 8.70. The average molecular weight is 248 g/mol. The van der Waals surface area contributed by atoms with Crippen LogP contribution in [-0.4, -0.2) is 34.3 Å². The van der Waals surface area contributed by atoms with Crippen LogP contribution in [0.2, 0.25) is 0 Å². The molecule has 0 aliphatic rings. The molecule has 0 rings (SSSR count). The quantitative estimate of drug-likeness (QED) is 0.192. The first kappa shape index (κ1) is 15.6. The van der Waals surface area contributed by atoms with Crippen LogP contribution in [0.4, 0.5) is 0 Å². The maximum Gasteiger partial charge on any atom is 0.144 e. The highest BCUT2D eigenvalue weighted by Gasteiger charge is 2.22. The average Bonchev–Trinajstić information content (AvgIpc) is 2.26. The normalized spacial score (nSPS) is 13.1. The highest BCUT2D eigenvalue weighted by atomic mass is 32.2. The van der Waals surface area contributed by atoms with Gasteiger partial charge in [-0.25, -0.2) is 0 Å². The Morgan fingerprint density at radius 3 is 2.44 bits per heavy atom. The van der Waals surface area contributed by atoms with Gasteiger partial charge in [-0.05, 0) is 30.8 Å². The van der Waals surface area contributed by atoms with Crippen molar-refractivity contribution in [2.45, 2.75) is 39.5 Å². The fraction of sp³-hybridized carbons (Fsp3) is 0.909. The monoisotopic (exact) mass is 248 g/mol. The largest absolute Gasteiger partial charge is 0.409 e. The summed E-state index contributed by atoms with van der Waals surface area (Å²) in [6.45, 7) is 4.26. The molecule has 4 nitrogen and oxygen atoms in total. The van der Waals surface area contributed by atoms with E-state index in [-0.39, 0.29) is 12.0 Å². The number of hydrogen-bond donors (Lipinski definition) is 3. The van der Waals surface area contributed by atoms with Gasteiger partial charge in [0.1, 0.15) is 5.84 Å². The summed E-state index contributed by atoms with van der Waals surface area (Å²) in [5, 5.41) is 20.3. The SMILES string of the molecule is CC(C)(CCCCSCCCO)C(N)=NO. The molecule has 0 saturated carbocycles. The Hall–Kier alpha value is -0.420. The predicted molar refractivity (Wildman–Crippen MR) is 70.1 cm³/mol. The fourth-order valence-corrected chi connectivity index (χ4v) is 2.25. The zero-order valence-electron chi connectivity index (χ0n) is 10.3. The standard InChI is InChI=1S/C11H24N2O2S/c1-11(2,10(12)13-15)6-3-4-8-16-9-5-7-14/h14-15H,3-9H2,1-2H3,(H2,12,13). The number of hydrogen-bond acceptors (Lipinski definition) is 4. The minimum atomic E-state index is -0.218. The van der Waals surface area contributed by atoms with Gasteiger partial charge in [0.25, 0.3) is 0 Å². The first-order valence-electron chi connectivity index (χ1n) is 5.71. The molecule has 0 aromatic carbocycles. The lowest BCUT2D eigenvalue weighted by Gasteiger charge is -2.22. The van der Waals surface area contributed by atoms with E-state index in [9.17, 15) is 0 Å². The van der Waals surface area contributed by atoms with E-state index in [0.717, 1.165) is 37.2 Å². The molecule has 0 unspecified atom stereocenters. The third-order valence-electron chi connectivity index (χ3n) is 2.59. The van der Waals surface area contributed by atoms with Gasteiger partial charge in [-0.15, -0.1) is 0 Å². The summed E-state index contributed by atoms with van der Waals surface area (Å²) in [5.41, 5.74) is 5.38. The summed E-state index contributed by atoms with van der Waals surface area (Å²) in [7, 11) is 0. The maximum atomic E-state index is 8.61. The van der Waals surface area contributed by atoms with Crippen LogP contribution in [0, 0.1) is 5.41 Å². The molecule has 96 valence electrons. The van der Waals surface area contributed by atoms with E-state index in [2.05, 4.69) is 5.16 Å². The Bertz CT molecular complexity index is 208. The van der Waals surface area contributed by atoms with Crippen LogP contribution in [0.15, 0.2) is 5.16 Å². The van der Waals surface area contributed by atoms with Crippen molar-refractivity contribution in [3.63, 3.8) is 0 Å². The molecule has 16 heavy (non-hydrogen) atoms. The smallest absolute Gasteiger partial charge is 0.144 e. The van der Waals surface area contributed by atoms with Crippen molar-refractivity contribution < 1.29 is 10.3 Å². The maximum absolute atomic E-state index is 8.61. The summed E-state index contributed by atoms with van der Waals surface area (Å²) < 4.78 is 0. The number of aliphatic hydroxyl groups excluding tert-OH is 1. The van der Waals surface area contributed by atoms with E-state index in [1.165, 1.54) is 0 Å². The van der Waals surface area contributed by atoms with E-state index in [0.29, 0.717) is 5.84 Å². The molecule has 0 spiro atoms. The minimum absolute atomic E-state index is 0.218. The highest BCUT2D eigenvalue weighted by molar-refractivity contribution is 7.99. The lowest BCUT2D eigenvalue weighted by atomic mass is 9.86. The number of aliphatic hydroxyl groups is 1. The van der Waals surface area contributed by atoms with Crippen molar-refractivity contribution in [2.75, 3.05) is 18.1 Å². The number of nitrogens with two attached hydrogens (primary N) is 1. The zero-order chi connectivity index (χ0) is 12.4. The van der Waals surface area contributed by atoms with E-state index in [1.54, 1.807) is 0 Å². The topological polar surface area (TPSA) is 78.8 Å². The third-order valence-corrected chi connectivity index (χ3v) is 3.74. The molecule has 0 bridgehead atoms. The van der Waals surface area contributed by atoms with Gasteiger partial charge in [0.15, 0.2) is 0 Å². The van der Waals surface area contributed by atoms with Crippen LogP contribution >= 0.6 is 11.8 Å². The molecule has 0 heterocycles. The van der Waals surface area contributed by atoms with E-state index in [1.807, 2.05) is 25.6 Å². The lowest BCUT2D eigenvalue weighted by Crippen LogP contribution is -2.31. The number of nitrogens with zero attached hydrogens (tertiary/aromatic N) is 1. The Morgan fingerprint density at radius 2 is 1.88 bits per heavy atom. The Labute approximate surface area is 102 Å². The number of thioether (sulfide) groups is 1. The van der Waals surface area contributed by atoms with Crippen molar-refractivity contribution >= 4 is 17.6 Å². The van der Waals surface area contributed by atoms with Gasteiger partial charge in [0, 0.05) is 12.0 Å². The lowest BCUT2D eigenvalue weighted by molar-refractivity contribution is 0.296. The van der Waals surface area contributed by atoms with Crippen LogP contribution in [0.3, 0.4) is 0 Å². The van der Waals surface area contributed by atoms with Crippen LogP contribution in [0.5, 0.6) is 0 Å². The van der Waals surface area contributed by atoms with Gasteiger partial charge in [0.05, 0.1) is 0 Å². The van der Waals surface area contributed by atoms with Gasteiger partial charge >= 0.3 is 0 Å². The number of unbranched alkanes of at least 4 members (excludes halogenated alkanes) is 1. The molecule has 0 aromatic heterocycles. The highest BCUT2D eigenvalue weighted by Crippen LogP contribution is 2.23. The van der Waals surface area contributed by atoms with Crippen molar-refractivity contribution in [1.82, 2.24) is 0 Å². The zero-order valence-corrected chi connectivity index (χ0v) is 11.1. The van der Waals surface area contributed by atoms with Gasteiger partial charge in [-0.2, -0.15) is 11.8 Å². The van der Waals surface area contributed by atoms with E-state index in [4.69, 9.17) is 16.0 Å². The molecular formula is C11H24N2O2S. The van der Waals surface area contributed by atoms with E-state index >= 15 is 0 Å². The molecule has 0 radical (unpaired) electrons. The van der Waals surface area contributed by atoms with Gasteiger partial charge in [-0.3, -0.25) is 0 Å². The molecule has 4 N–H and O–H groups in total. The Balaban J connectivity index is 3.51.